The molecule has 0 aromatic carbocycles. The summed E-state index contributed by atoms with van der Waals surface area (Å²) in [6.07, 6.45) is 6.00. The summed E-state index contributed by atoms with van der Waals surface area (Å²) in [4.78, 5) is 17.3. The van der Waals surface area contributed by atoms with Gasteiger partial charge in [-0.05, 0) is 32.0 Å². The summed E-state index contributed by atoms with van der Waals surface area (Å²) >= 11 is 0. The van der Waals surface area contributed by atoms with Crippen LogP contribution in [0.1, 0.15) is 25.0 Å². The summed E-state index contributed by atoms with van der Waals surface area (Å²) in [5, 5.41) is 0. The molecule has 100 valence electrons. The van der Waals surface area contributed by atoms with Crippen molar-refractivity contribution in [3.63, 3.8) is 0 Å². The SMILES string of the molecule is COC(=O)C1(CN(C)CCc2ccc[nH]2)CCC1. The van der Waals surface area contributed by atoms with Crippen LogP contribution in [0.5, 0.6) is 0 Å². The number of likely N-dealkylation sites (N-methyl/N-ethyl adjacent to an activating group) is 1. The predicted molar refractivity (Wildman–Crippen MR) is 70.3 cm³/mol. The van der Waals surface area contributed by atoms with Crippen LogP contribution < -0.4 is 0 Å². The van der Waals surface area contributed by atoms with E-state index in [2.05, 4.69) is 23.0 Å². The molecule has 1 aliphatic rings. The summed E-state index contributed by atoms with van der Waals surface area (Å²) < 4.78 is 4.94. The molecule has 0 spiro atoms. The van der Waals surface area contributed by atoms with Crippen LogP contribution in [0.15, 0.2) is 18.3 Å². The van der Waals surface area contributed by atoms with Crippen molar-refractivity contribution in [2.24, 2.45) is 5.41 Å². The van der Waals surface area contributed by atoms with E-state index in [9.17, 15) is 4.79 Å². The van der Waals surface area contributed by atoms with Crippen LogP contribution in [-0.2, 0) is 16.0 Å². The Morgan fingerprint density at radius 1 is 1.56 bits per heavy atom. The molecule has 2 rings (SSSR count). The molecule has 1 aromatic heterocycles. The first-order chi connectivity index (χ1) is 8.66. The molecule has 1 heterocycles. The molecule has 1 aromatic rings. The van der Waals surface area contributed by atoms with Crippen molar-refractivity contribution in [2.75, 3.05) is 27.2 Å². The normalized spacial score (nSPS) is 17.5. The van der Waals surface area contributed by atoms with Crippen molar-refractivity contribution in [1.29, 1.82) is 0 Å². The molecular weight excluding hydrogens is 228 g/mol. The maximum Gasteiger partial charge on any atom is 0.313 e. The monoisotopic (exact) mass is 250 g/mol. The molecule has 0 saturated heterocycles. The fourth-order valence-electron chi connectivity index (χ4n) is 2.68. The summed E-state index contributed by atoms with van der Waals surface area (Å²) in [5.41, 5.74) is 1.00. The summed E-state index contributed by atoms with van der Waals surface area (Å²) in [6, 6.07) is 4.10. The number of esters is 1. The lowest BCUT2D eigenvalue weighted by Gasteiger charge is -2.41. The van der Waals surface area contributed by atoms with Gasteiger partial charge >= 0.3 is 5.97 Å². The molecular formula is C14H22N2O2. The van der Waals surface area contributed by atoms with Gasteiger partial charge in [-0.15, -0.1) is 0 Å². The summed E-state index contributed by atoms with van der Waals surface area (Å²) in [5.74, 6) is -0.0412. The number of nitrogens with zero attached hydrogens (tertiary/aromatic N) is 1. The minimum Gasteiger partial charge on any atom is -0.469 e. The van der Waals surface area contributed by atoms with E-state index in [1.54, 1.807) is 0 Å². The van der Waals surface area contributed by atoms with Crippen molar-refractivity contribution in [3.05, 3.63) is 24.0 Å². The van der Waals surface area contributed by atoms with Crippen LogP contribution in [0.4, 0.5) is 0 Å². The van der Waals surface area contributed by atoms with Gasteiger partial charge in [0.05, 0.1) is 12.5 Å². The molecule has 0 bridgehead atoms. The van der Waals surface area contributed by atoms with Gasteiger partial charge in [-0.1, -0.05) is 6.42 Å². The summed E-state index contributed by atoms with van der Waals surface area (Å²) in [6.45, 7) is 1.76. The van der Waals surface area contributed by atoms with E-state index < -0.39 is 0 Å². The molecule has 18 heavy (non-hydrogen) atoms. The highest BCUT2D eigenvalue weighted by molar-refractivity contribution is 5.78. The Hall–Kier alpha value is -1.29. The lowest BCUT2D eigenvalue weighted by atomic mass is 9.68. The first-order valence-corrected chi connectivity index (χ1v) is 6.55. The molecule has 4 heteroatoms. The van der Waals surface area contributed by atoms with Gasteiger partial charge in [0.15, 0.2) is 0 Å². The first-order valence-electron chi connectivity index (χ1n) is 6.55. The average Bonchev–Trinajstić information content (AvgIpc) is 2.83. The van der Waals surface area contributed by atoms with Crippen LogP contribution >= 0.6 is 0 Å². The van der Waals surface area contributed by atoms with Crippen LogP contribution in [0.3, 0.4) is 0 Å². The van der Waals surface area contributed by atoms with E-state index in [4.69, 9.17) is 4.74 Å². The average molecular weight is 250 g/mol. The Balaban J connectivity index is 1.82. The second-order valence-electron chi connectivity index (χ2n) is 5.31. The number of aromatic nitrogens is 1. The number of aromatic amines is 1. The molecule has 4 nitrogen and oxygen atoms in total. The predicted octanol–water partition coefficient (Wildman–Crippen LogP) is 1.83. The number of H-pyrrole nitrogens is 1. The van der Waals surface area contributed by atoms with E-state index in [1.807, 2.05) is 12.3 Å². The lowest BCUT2D eigenvalue weighted by molar-refractivity contribution is -0.159. The molecule has 0 amide bonds. The fourth-order valence-corrected chi connectivity index (χ4v) is 2.68. The zero-order valence-corrected chi connectivity index (χ0v) is 11.2. The molecule has 1 aliphatic carbocycles. The largest absolute Gasteiger partial charge is 0.469 e. The van der Waals surface area contributed by atoms with Crippen molar-refractivity contribution in [1.82, 2.24) is 9.88 Å². The van der Waals surface area contributed by atoms with Crippen LogP contribution in [0.25, 0.3) is 0 Å². The number of rotatable bonds is 6. The zero-order chi connectivity index (χ0) is 13.0. The molecule has 1 fully saturated rings. The van der Waals surface area contributed by atoms with Gasteiger partial charge in [0, 0.05) is 31.4 Å². The van der Waals surface area contributed by atoms with E-state index >= 15 is 0 Å². The Morgan fingerprint density at radius 2 is 2.33 bits per heavy atom. The van der Waals surface area contributed by atoms with E-state index in [-0.39, 0.29) is 11.4 Å². The molecule has 0 unspecified atom stereocenters. The minimum atomic E-state index is -0.237. The first kappa shape index (κ1) is 13.1. The van der Waals surface area contributed by atoms with Gasteiger partial charge in [-0.25, -0.2) is 0 Å². The van der Waals surface area contributed by atoms with Gasteiger partial charge in [-0.3, -0.25) is 4.79 Å². The van der Waals surface area contributed by atoms with Gasteiger partial charge in [0.1, 0.15) is 0 Å². The third-order valence-corrected chi connectivity index (χ3v) is 3.93. The van der Waals surface area contributed by atoms with Crippen molar-refractivity contribution >= 4 is 5.97 Å². The molecule has 1 saturated carbocycles. The standard InChI is InChI=1S/C14H22N2O2/c1-16(10-6-12-5-3-9-15-12)11-14(7-4-8-14)13(17)18-2/h3,5,9,15H,4,6-8,10-11H2,1-2H3. The lowest BCUT2D eigenvalue weighted by Crippen LogP contribution is -2.47. The second-order valence-corrected chi connectivity index (χ2v) is 5.31. The van der Waals surface area contributed by atoms with Crippen LogP contribution in [0.2, 0.25) is 0 Å². The van der Waals surface area contributed by atoms with Crippen molar-refractivity contribution < 1.29 is 9.53 Å². The number of carbonyl (C=O) groups is 1. The maximum absolute atomic E-state index is 11.8. The highest BCUT2D eigenvalue weighted by atomic mass is 16.5. The zero-order valence-electron chi connectivity index (χ0n) is 11.2. The second kappa shape index (κ2) is 5.57. The van der Waals surface area contributed by atoms with Gasteiger partial charge in [0.2, 0.25) is 0 Å². The van der Waals surface area contributed by atoms with E-state index in [1.165, 1.54) is 12.8 Å². The fraction of sp³-hybridized carbons (Fsp3) is 0.643. The quantitative estimate of drug-likeness (QED) is 0.783. The molecule has 0 atom stereocenters. The van der Waals surface area contributed by atoms with Crippen LogP contribution in [0, 0.1) is 5.41 Å². The number of hydrogen-bond donors (Lipinski definition) is 1. The van der Waals surface area contributed by atoms with E-state index in [0.717, 1.165) is 38.8 Å². The van der Waals surface area contributed by atoms with Gasteiger partial charge in [-0.2, -0.15) is 0 Å². The minimum absolute atomic E-state index is 0.0412. The highest BCUT2D eigenvalue weighted by Gasteiger charge is 2.45. The number of ether oxygens (including phenoxy) is 1. The number of nitrogens with one attached hydrogen (secondary N) is 1. The van der Waals surface area contributed by atoms with Gasteiger partial charge < -0.3 is 14.6 Å². The molecule has 0 aliphatic heterocycles. The van der Waals surface area contributed by atoms with E-state index in [0.29, 0.717) is 0 Å². The number of carbonyl (C=O) groups excluding carboxylic acids is 1. The summed E-state index contributed by atoms with van der Waals surface area (Å²) in [7, 11) is 3.56. The Kier molecular flexibility index (Phi) is 4.07. The number of hydrogen-bond acceptors (Lipinski definition) is 3. The smallest absolute Gasteiger partial charge is 0.313 e. The maximum atomic E-state index is 11.8. The molecule has 0 radical (unpaired) electrons. The highest BCUT2D eigenvalue weighted by Crippen LogP contribution is 2.42. The molecule has 1 N–H and O–H groups in total. The van der Waals surface area contributed by atoms with Crippen molar-refractivity contribution in [3.8, 4) is 0 Å². The van der Waals surface area contributed by atoms with Crippen LogP contribution in [-0.4, -0.2) is 43.1 Å². The topological polar surface area (TPSA) is 45.3 Å². The third-order valence-electron chi connectivity index (χ3n) is 3.93. The Bertz CT molecular complexity index is 383. The third kappa shape index (κ3) is 2.75. The number of methoxy groups -OCH3 is 1. The van der Waals surface area contributed by atoms with Gasteiger partial charge in [0.25, 0.3) is 0 Å². The Labute approximate surface area is 108 Å². The van der Waals surface area contributed by atoms with Crippen molar-refractivity contribution in [2.45, 2.75) is 25.7 Å². The Morgan fingerprint density at radius 3 is 2.83 bits per heavy atom.